The van der Waals surface area contributed by atoms with E-state index in [9.17, 15) is 23.1 Å². The van der Waals surface area contributed by atoms with Crippen LogP contribution in [0.25, 0.3) is 0 Å². The molecule has 8 heteroatoms. The summed E-state index contributed by atoms with van der Waals surface area (Å²) in [7, 11) is -3.94. The van der Waals surface area contributed by atoms with Crippen LogP contribution in [-0.2, 0) is 26.0 Å². The standard InChI is InChI=1S/C24H30N2O5S/c1-16(2)14-26(15-19(28)10-9-18-7-5-4-6-8-18)32(30,31)20-11-12-22-21(13-20)23(17(3)27)24(29)25-22/h4-8,11-13,16,19,23,28H,9-10,14-15H2,1-3H3,(H,25,29). The molecule has 172 valence electrons. The summed E-state index contributed by atoms with van der Waals surface area (Å²) in [6.07, 6.45) is 0.250. The first-order valence-corrected chi connectivity index (χ1v) is 12.2. The Kier molecular flexibility index (Phi) is 7.48. The van der Waals surface area contributed by atoms with Gasteiger partial charge in [0.15, 0.2) is 0 Å². The number of nitrogens with zero attached hydrogens (tertiary/aromatic N) is 1. The van der Waals surface area contributed by atoms with E-state index in [2.05, 4.69) is 5.32 Å². The molecule has 0 aliphatic carbocycles. The number of carbonyl (C=O) groups is 2. The molecule has 0 saturated carbocycles. The Balaban J connectivity index is 1.82. The van der Waals surface area contributed by atoms with Crippen molar-refractivity contribution in [3.63, 3.8) is 0 Å². The highest BCUT2D eigenvalue weighted by molar-refractivity contribution is 7.89. The van der Waals surface area contributed by atoms with Crippen LogP contribution in [0, 0.1) is 5.92 Å². The molecule has 0 aromatic heterocycles. The lowest BCUT2D eigenvalue weighted by atomic mass is 9.97. The third-order valence-electron chi connectivity index (χ3n) is 5.49. The van der Waals surface area contributed by atoms with Gasteiger partial charge in [-0.25, -0.2) is 8.42 Å². The number of ketones is 1. The Morgan fingerprint density at radius 1 is 1.12 bits per heavy atom. The number of aryl methyl sites for hydroxylation is 1. The highest BCUT2D eigenvalue weighted by Crippen LogP contribution is 2.35. The molecule has 2 atom stereocenters. The predicted octanol–water partition coefficient (Wildman–Crippen LogP) is 2.95. The molecule has 0 saturated heterocycles. The van der Waals surface area contributed by atoms with Crippen LogP contribution in [0.2, 0.25) is 0 Å². The molecule has 32 heavy (non-hydrogen) atoms. The molecular formula is C24H30N2O5S. The second-order valence-corrected chi connectivity index (χ2v) is 10.6. The molecule has 2 N–H and O–H groups in total. The number of amides is 1. The first kappa shape index (κ1) is 24.1. The first-order valence-electron chi connectivity index (χ1n) is 10.8. The van der Waals surface area contributed by atoms with Crippen LogP contribution < -0.4 is 5.32 Å². The first-order chi connectivity index (χ1) is 15.1. The van der Waals surface area contributed by atoms with Crippen molar-refractivity contribution in [2.24, 2.45) is 5.92 Å². The van der Waals surface area contributed by atoms with Crippen molar-refractivity contribution in [2.75, 3.05) is 18.4 Å². The normalized spacial score (nSPS) is 16.8. The topological polar surface area (TPSA) is 104 Å². The minimum absolute atomic E-state index is 0.00918. The summed E-state index contributed by atoms with van der Waals surface area (Å²) in [5.41, 5.74) is 1.90. The van der Waals surface area contributed by atoms with Crippen LogP contribution in [-0.4, -0.2) is 48.7 Å². The summed E-state index contributed by atoms with van der Waals surface area (Å²) in [6.45, 7) is 5.35. The average Bonchev–Trinajstić information content (AvgIpc) is 3.07. The van der Waals surface area contributed by atoms with Gasteiger partial charge in [0.2, 0.25) is 15.9 Å². The molecule has 0 fully saturated rings. The summed E-state index contributed by atoms with van der Waals surface area (Å²) in [5, 5.41) is 13.2. The van der Waals surface area contributed by atoms with E-state index in [1.54, 1.807) is 0 Å². The zero-order chi connectivity index (χ0) is 23.5. The highest BCUT2D eigenvalue weighted by Gasteiger charge is 2.36. The van der Waals surface area contributed by atoms with Gasteiger partial charge in [0.1, 0.15) is 11.7 Å². The fraction of sp³-hybridized carbons (Fsp3) is 0.417. The number of aliphatic hydroxyl groups excluding tert-OH is 1. The van der Waals surface area contributed by atoms with Gasteiger partial charge in [-0.05, 0) is 55.0 Å². The molecule has 1 heterocycles. The molecule has 0 spiro atoms. The van der Waals surface area contributed by atoms with E-state index in [1.807, 2.05) is 44.2 Å². The number of aliphatic hydroxyl groups is 1. The second kappa shape index (κ2) is 9.94. The highest BCUT2D eigenvalue weighted by atomic mass is 32.2. The molecule has 0 radical (unpaired) electrons. The van der Waals surface area contributed by atoms with Crippen LogP contribution in [0.5, 0.6) is 0 Å². The van der Waals surface area contributed by atoms with Gasteiger partial charge in [0, 0.05) is 18.8 Å². The van der Waals surface area contributed by atoms with E-state index in [0.717, 1.165) is 5.56 Å². The summed E-state index contributed by atoms with van der Waals surface area (Å²) >= 11 is 0. The molecule has 2 aromatic carbocycles. The molecule has 2 aromatic rings. The van der Waals surface area contributed by atoms with E-state index in [0.29, 0.717) is 24.1 Å². The third-order valence-corrected chi connectivity index (χ3v) is 7.32. The van der Waals surface area contributed by atoms with Crippen molar-refractivity contribution in [1.82, 2.24) is 4.31 Å². The maximum absolute atomic E-state index is 13.5. The number of anilines is 1. The van der Waals surface area contributed by atoms with E-state index in [-0.39, 0.29) is 29.7 Å². The van der Waals surface area contributed by atoms with Gasteiger partial charge in [0.05, 0.1) is 11.0 Å². The Bertz CT molecular complexity index is 1080. The van der Waals surface area contributed by atoms with Crippen molar-refractivity contribution >= 4 is 27.4 Å². The number of hydrogen-bond donors (Lipinski definition) is 2. The minimum Gasteiger partial charge on any atom is -0.392 e. The van der Waals surface area contributed by atoms with Gasteiger partial charge < -0.3 is 10.4 Å². The number of carbonyl (C=O) groups excluding carboxylic acids is 2. The van der Waals surface area contributed by atoms with Crippen LogP contribution in [0.15, 0.2) is 53.4 Å². The van der Waals surface area contributed by atoms with E-state index >= 15 is 0 Å². The molecule has 2 unspecified atom stereocenters. The van der Waals surface area contributed by atoms with Crippen molar-refractivity contribution in [3.8, 4) is 0 Å². The lowest BCUT2D eigenvalue weighted by Crippen LogP contribution is -2.40. The molecule has 1 aliphatic rings. The summed E-state index contributed by atoms with van der Waals surface area (Å²) < 4.78 is 28.2. The molecular weight excluding hydrogens is 428 g/mol. The number of hydrogen-bond acceptors (Lipinski definition) is 5. The quantitative estimate of drug-likeness (QED) is 0.533. The molecule has 7 nitrogen and oxygen atoms in total. The maximum Gasteiger partial charge on any atom is 0.243 e. The van der Waals surface area contributed by atoms with Crippen LogP contribution >= 0.6 is 0 Å². The number of rotatable bonds is 10. The Morgan fingerprint density at radius 3 is 2.44 bits per heavy atom. The Labute approximate surface area is 189 Å². The zero-order valence-corrected chi connectivity index (χ0v) is 19.4. The summed E-state index contributed by atoms with van der Waals surface area (Å²) in [6, 6.07) is 14.1. The molecule has 1 amide bonds. The largest absolute Gasteiger partial charge is 0.392 e. The smallest absolute Gasteiger partial charge is 0.243 e. The van der Waals surface area contributed by atoms with Gasteiger partial charge in [-0.1, -0.05) is 44.2 Å². The maximum atomic E-state index is 13.5. The monoisotopic (exact) mass is 458 g/mol. The van der Waals surface area contributed by atoms with Crippen molar-refractivity contribution in [2.45, 2.75) is 50.5 Å². The fourth-order valence-corrected chi connectivity index (χ4v) is 5.61. The second-order valence-electron chi connectivity index (χ2n) is 8.68. The minimum atomic E-state index is -3.94. The van der Waals surface area contributed by atoms with E-state index in [1.165, 1.54) is 29.4 Å². The fourth-order valence-electron chi connectivity index (χ4n) is 3.94. The predicted molar refractivity (Wildman–Crippen MR) is 123 cm³/mol. The SMILES string of the molecule is CC(=O)C1C(=O)Nc2ccc(S(=O)(=O)N(CC(C)C)CC(O)CCc3ccccc3)cc21. The lowest BCUT2D eigenvalue weighted by Gasteiger charge is -2.26. The number of nitrogens with one attached hydrogen (secondary N) is 1. The van der Waals surface area contributed by atoms with Gasteiger partial charge in [-0.15, -0.1) is 0 Å². The number of sulfonamides is 1. The molecule has 0 bridgehead atoms. The number of fused-ring (bicyclic) bond motifs is 1. The summed E-state index contributed by atoms with van der Waals surface area (Å²) in [5.74, 6) is -1.74. The molecule has 3 rings (SSSR count). The van der Waals surface area contributed by atoms with Crippen molar-refractivity contribution in [3.05, 3.63) is 59.7 Å². The van der Waals surface area contributed by atoms with Gasteiger partial charge in [-0.2, -0.15) is 4.31 Å². The van der Waals surface area contributed by atoms with Crippen LogP contribution in [0.3, 0.4) is 0 Å². The number of Topliss-reactive ketones (excluding diaryl/α,β-unsaturated/α-hetero) is 1. The summed E-state index contributed by atoms with van der Waals surface area (Å²) in [4.78, 5) is 24.1. The van der Waals surface area contributed by atoms with E-state index in [4.69, 9.17) is 0 Å². The van der Waals surface area contributed by atoms with Crippen LogP contribution in [0.1, 0.15) is 44.2 Å². The average molecular weight is 459 g/mol. The van der Waals surface area contributed by atoms with E-state index < -0.39 is 28.0 Å². The lowest BCUT2D eigenvalue weighted by molar-refractivity contribution is -0.125. The van der Waals surface area contributed by atoms with Gasteiger partial charge >= 0.3 is 0 Å². The van der Waals surface area contributed by atoms with Crippen molar-refractivity contribution in [1.29, 1.82) is 0 Å². The van der Waals surface area contributed by atoms with Gasteiger partial charge in [0.25, 0.3) is 0 Å². The molecule has 1 aliphatic heterocycles. The van der Waals surface area contributed by atoms with Gasteiger partial charge in [-0.3, -0.25) is 9.59 Å². The van der Waals surface area contributed by atoms with Crippen LogP contribution in [0.4, 0.5) is 5.69 Å². The Hall–Kier alpha value is -2.55. The third kappa shape index (κ3) is 5.43. The zero-order valence-electron chi connectivity index (χ0n) is 18.6. The van der Waals surface area contributed by atoms with Crippen molar-refractivity contribution < 1.29 is 23.1 Å². The Morgan fingerprint density at radius 2 is 1.81 bits per heavy atom. The number of benzene rings is 2.